The fraction of sp³-hybridized carbons (Fsp3) is 0.333. The Morgan fingerprint density at radius 3 is 2.60 bits per heavy atom. The third-order valence-electron chi connectivity index (χ3n) is 3.01. The van der Waals surface area contributed by atoms with Crippen molar-refractivity contribution in [3.8, 4) is 17.0 Å². The molecule has 1 aromatic heterocycles. The van der Waals surface area contributed by atoms with Crippen molar-refractivity contribution in [2.24, 2.45) is 7.05 Å². The second-order valence-electron chi connectivity index (χ2n) is 4.64. The van der Waals surface area contributed by atoms with Gasteiger partial charge in [-0.1, -0.05) is 13.3 Å². The monoisotopic (exact) mass is 273 g/mol. The summed E-state index contributed by atoms with van der Waals surface area (Å²) in [6.07, 6.45) is 2.15. The maximum atomic E-state index is 11.5. The summed E-state index contributed by atoms with van der Waals surface area (Å²) in [4.78, 5) is 11.5. The van der Waals surface area contributed by atoms with Crippen LogP contribution in [0.15, 0.2) is 35.1 Å². The molecule has 0 radical (unpaired) electrons. The van der Waals surface area contributed by atoms with Crippen molar-refractivity contribution in [3.05, 3.63) is 40.7 Å². The number of unbranched alkanes of at least 4 members (excludes halogenated alkanes) is 1. The minimum Gasteiger partial charge on any atom is -0.494 e. The van der Waals surface area contributed by atoms with Crippen molar-refractivity contribution in [1.82, 2.24) is 9.78 Å². The van der Waals surface area contributed by atoms with E-state index in [0.717, 1.165) is 30.8 Å². The van der Waals surface area contributed by atoms with Gasteiger partial charge in [0.25, 0.3) is 5.56 Å². The lowest BCUT2D eigenvalue weighted by Crippen LogP contribution is -2.22. The average molecular weight is 273 g/mol. The van der Waals surface area contributed by atoms with E-state index < -0.39 is 0 Å². The third kappa shape index (κ3) is 3.17. The van der Waals surface area contributed by atoms with E-state index in [9.17, 15) is 4.79 Å². The van der Waals surface area contributed by atoms with Gasteiger partial charge in [0.2, 0.25) is 0 Å². The molecular weight excluding hydrogens is 254 g/mol. The minimum absolute atomic E-state index is 0.195. The molecule has 2 aromatic rings. The van der Waals surface area contributed by atoms with Gasteiger partial charge in [0.05, 0.1) is 12.3 Å². The van der Waals surface area contributed by atoms with E-state index in [4.69, 9.17) is 10.5 Å². The molecule has 2 N–H and O–H groups in total. The number of nitrogen functional groups attached to an aromatic ring is 1. The summed E-state index contributed by atoms with van der Waals surface area (Å²) in [7, 11) is 1.59. The fourth-order valence-electron chi connectivity index (χ4n) is 1.83. The van der Waals surface area contributed by atoms with Crippen molar-refractivity contribution in [3.63, 3.8) is 0 Å². The number of ether oxygens (including phenoxy) is 1. The number of rotatable bonds is 5. The molecule has 0 unspecified atom stereocenters. The first-order chi connectivity index (χ1) is 9.61. The van der Waals surface area contributed by atoms with Gasteiger partial charge in [-0.25, -0.2) is 4.68 Å². The zero-order valence-electron chi connectivity index (χ0n) is 11.8. The zero-order chi connectivity index (χ0) is 14.5. The number of nitrogens with two attached hydrogens (primary N) is 1. The van der Waals surface area contributed by atoms with Crippen molar-refractivity contribution < 1.29 is 4.74 Å². The van der Waals surface area contributed by atoms with E-state index in [0.29, 0.717) is 5.69 Å². The summed E-state index contributed by atoms with van der Waals surface area (Å²) in [6, 6.07) is 9.21. The van der Waals surface area contributed by atoms with Gasteiger partial charge >= 0.3 is 0 Å². The van der Waals surface area contributed by atoms with Gasteiger partial charge in [-0.05, 0) is 36.8 Å². The SMILES string of the molecule is CCCCOc1ccc(-c2cc(N)c(=O)n(C)n2)cc1. The highest BCUT2D eigenvalue weighted by atomic mass is 16.5. The summed E-state index contributed by atoms with van der Waals surface area (Å²) in [5.74, 6) is 0.833. The zero-order valence-corrected chi connectivity index (χ0v) is 11.8. The Balaban J connectivity index is 2.19. The van der Waals surface area contributed by atoms with Gasteiger partial charge in [-0.2, -0.15) is 5.10 Å². The molecule has 0 saturated carbocycles. The van der Waals surface area contributed by atoms with Crippen LogP contribution in [0.4, 0.5) is 5.69 Å². The molecule has 0 aliphatic carbocycles. The van der Waals surface area contributed by atoms with Crippen molar-refractivity contribution in [2.75, 3.05) is 12.3 Å². The van der Waals surface area contributed by atoms with Gasteiger partial charge in [-0.3, -0.25) is 4.79 Å². The van der Waals surface area contributed by atoms with Crippen LogP contribution < -0.4 is 16.0 Å². The topological polar surface area (TPSA) is 70.1 Å². The normalized spacial score (nSPS) is 10.5. The van der Waals surface area contributed by atoms with E-state index in [1.54, 1.807) is 13.1 Å². The molecular formula is C15H19N3O2. The first-order valence-electron chi connectivity index (χ1n) is 6.69. The second-order valence-corrected chi connectivity index (χ2v) is 4.64. The molecule has 20 heavy (non-hydrogen) atoms. The lowest BCUT2D eigenvalue weighted by atomic mass is 10.1. The predicted octanol–water partition coefficient (Wildman–Crippen LogP) is 2.21. The molecule has 1 aromatic carbocycles. The minimum atomic E-state index is -0.284. The molecule has 106 valence electrons. The highest BCUT2D eigenvalue weighted by molar-refractivity contribution is 5.62. The molecule has 0 spiro atoms. The van der Waals surface area contributed by atoms with E-state index >= 15 is 0 Å². The van der Waals surface area contributed by atoms with Gasteiger partial charge in [0.15, 0.2) is 0 Å². The van der Waals surface area contributed by atoms with Crippen LogP contribution in [0.3, 0.4) is 0 Å². The first-order valence-corrected chi connectivity index (χ1v) is 6.69. The molecule has 0 saturated heterocycles. The maximum absolute atomic E-state index is 11.5. The molecule has 0 atom stereocenters. The third-order valence-corrected chi connectivity index (χ3v) is 3.01. The van der Waals surface area contributed by atoms with Gasteiger partial charge in [0, 0.05) is 12.6 Å². The van der Waals surface area contributed by atoms with Crippen LogP contribution in [0.2, 0.25) is 0 Å². The largest absolute Gasteiger partial charge is 0.494 e. The highest BCUT2D eigenvalue weighted by Gasteiger charge is 2.05. The Labute approximate surface area is 118 Å². The van der Waals surface area contributed by atoms with Crippen LogP contribution in [-0.4, -0.2) is 16.4 Å². The van der Waals surface area contributed by atoms with E-state index in [1.165, 1.54) is 4.68 Å². The summed E-state index contributed by atoms with van der Waals surface area (Å²) in [5.41, 5.74) is 7.15. The molecule has 0 aliphatic rings. The lowest BCUT2D eigenvalue weighted by Gasteiger charge is -2.07. The van der Waals surface area contributed by atoms with Crippen LogP contribution in [-0.2, 0) is 7.05 Å². The van der Waals surface area contributed by atoms with Crippen molar-refractivity contribution in [2.45, 2.75) is 19.8 Å². The fourth-order valence-corrected chi connectivity index (χ4v) is 1.83. The average Bonchev–Trinajstić information content (AvgIpc) is 2.45. The summed E-state index contributed by atoms with van der Waals surface area (Å²) >= 11 is 0. The van der Waals surface area contributed by atoms with Gasteiger partial charge in [0.1, 0.15) is 11.4 Å². The number of aromatic nitrogens is 2. The molecule has 0 aliphatic heterocycles. The Hall–Kier alpha value is -2.30. The van der Waals surface area contributed by atoms with Crippen LogP contribution >= 0.6 is 0 Å². The summed E-state index contributed by atoms with van der Waals surface area (Å²) < 4.78 is 6.85. The smallest absolute Gasteiger partial charge is 0.289 e. The van der Waals surface area contributed by atoms with Crippen LogP contribution in [0.1, 0.15) is 19.8 Å². The number of nitrogens with zero attached hydrogens (tertiary/aromatic N) is 2. The Bertz CT molecular complexity index is 606. The number of anilines is 1. The van der Waals surface area contributed by atoms with E-state index in [1.807, 2.05) is 24.3 Å². The summed E-state index contributed by atoms with van der Waals surface area (Å²) in [5, 5.41) is 4.19. The van der Waals surface area contributed by atoms with Gasteiger partial charge < -0.3 is 10.5 Å². The Morgan fingerprint density at radius 1 is 1.30 bits per heavy atom. The summed E-state index contributed by atoms with van der Waals surface area (Å²) in [6.45, 7) is 2.85. The van der Waals surface area contributed by atoms with E-state index in [2.05, 4.69) is 12.0 Å². The molecule has 1 heterocycles. The maximum Gasteiger partial charge on any atom is 0.289 e. The number of hydrogen-bond donors (Lipinski definition) is 1. The standard InChI is InChI=1S/C15H19N3O2/c1-3-4-9-20-12-7-5-11(6-8-12)14-10-13(16)15(19)18(2)17-14/h5-8,10H,3-4,9,16H2,1-2H3. The number of hydrogen-bond acceptors (Lipinski definition) is 4. The van der Waals surface area contributed by atoms with Crippen molar-refractivity contribution in [1.29, 1.82) is 0 Å². The quantitative estimate of drug-likeness (QED) is 0.848. The van der Waals surface area contributed by atoms with Crippen molar-refractivity contribution >= 4 is 5.69 Å². The molecule has 5 nitrogen and oxygen atoms in total. The number of benzene rings is 1. The van der Waals surface area contributed by atoms with E-state index in [-0.39, 0.29) is 11.2 Å². The predicted molar refractivity (Wildman–Crippen MR) is 79.7 cm³/mol. The lowest BCUT2D eigenvalue weighted by molar-refractivity contribution is 0.309. The van der Waals surface area contributed by atoms with Crippen LogP contribution in [0.5, 0.6) is 5.75 Å². The molecule has 0 amide bonds. The van der Waals surface area contributed by atoms with Gasteiger partial charge in [-0.15, -0.1) is 0 Å². The molecule has 0 bridgehead atoms. The highest BCUT2D eigenvalue weighted by Crippen LogP contribution is 2.21. The first kappa shape index (κ1) is 14.1. The van der Waals surface area contributed by atoms with Crippen LogP contribution in [0, 0.1) is 0 Å². The molecule has 5 heteroatoms. The molecule has 2 rings (SSSR count). The van der Waals surface area contributed by atoms with Crippen LogP contribution in [0.25, 0.3) is 11.3 Å². The number of aryl methyl sites for hydroxylation is 1. The Morgan fingerprint density at radius 2 is 2.00 bits per heavy atom. The Kier molecular flexibility index (Phi) is 4.40. The molecule has 0 fully saturated rings. The second kappa shape index (κ2) is 6.23.